The van der Waals surface area contributed by atoms with E-state index >= 15 is 0 Å². The molecule has 0 heterocycles. The lowest BCUT2D eigenvalue weighted by Gasteiger charge is -2.12. The number of hydrogen-bond acceptors (Lipinski definition) is 9. The Morgan fingerprint density at radius 2 is 1.40 bits per heavy atom. The van der Waals surface area contributed by atoms with Crippen LogP contribution in [0.5, 0.6) is 0 Å². The second kappa shape index (κ2) is 9.46. The number of rotatable bonds is 8. The minimum Gasteiger partial charge on any atom is -0.462 e. The first kappa shape index (κ1) is 18.6. The first-order valence-corrected chi connectivity index (χ1v) is 7.31. The molecule has 0 aromatic carbocycles. The molecule has 0 bridgehead atoms. The summed E-state index contributed by atoms with van der Waals surface area (Å²) in [6.07, 6.45) is -0.564. The van der Waals surface area contributed by atoms with Gasteiger partial charge in [-0.1, -0.05) is 0 Å². The Balaban J connectivity index is 3.91. The van der Waals surface area contributed by atoms with Gasteiger partial charge in [0, 0.05) is 14.2 Å². The van der Waals surface area contributed by atoms with Crippen molar-refractivity contribution in [1.82, 2.24) is 0 Å². The van der Waals surface area contributed by atoms with Crippen molar-refractivity contribution < 1.29 is 42.2 Å². The third-order valence-electron chi connectivity index (χ3n) is 1.90. The largest absolute Gasteiger partial charge is 0.462 e. The standard InChI is InChI=1S/C10H17O9P/c1-4-17-9(12)10(13)19-6-5-18-8(11)7-20(14,15-2)16-3/h4-7H2,1-3H3. The predicted octanol–water partition coefficient (Wildman–Crippen LogP) is 0.122. The molecule has 20 heavy (non-hydrogen) atoms. The molecule has 0 rings (SSSR count). The summed E-state index contributed by atoms with van der Waals surface area (Å²) in [5.74, 6) is -3.14. The van der Waals surface area contributed by atoms with E-state index in [1.807, 2.05) is 0 Å². The molecule has 0 saturated carbocycles. The van der Waals surface area contributed by atoms with Crippen LogP contribution in [0.4, 0.5) is 0 Å². The van der Waals surface area contributed by atoms with Crippen molar-refractivity contribution in [2.45, 2.75) is 6.92 Å². The molecule has 0 spiro atoms. The highest BCUT2D eigenvalue weighted by molar-refractivity contribution is 7.54. The molecule has 0 atom stereocenters. The Morgan fingerprint density at radius 3 is 1.90 bits per heavy atom. The molecule has 0 saturated heterocycles. The zero-order valence-corrected chi connectivity index (χ0v) is 12.3. The van der Waals surface area contributed by atoms with Gasteiger partial charge in [-0.2, -0.15) is 0 Å². The number of carbonyl (C=O) groups is 3. The molecule has 10 heteroatoms. The highest BCUT2D eigenvalue weighted by Crippen LogP contribution is 2.45. The molecule has 0 amide bonds. The molecule has 0 aliphatic heterocycles. The van der Waals surface area contributed by atoms with Crippen molar-refractivity contribution in [2.75, 3.05) is 40.2 Å². The topological polar surface area (TPSA) is 114 Å². The zero-order chi connectivity index (χ0) is 15.6. The summed E-state index contributed by atoms with van der Waals surface area (Å²) in [5.41, 5.74) is 0. The number of ether oxygens (including phenoxy) is 3. The van der Waals surface area contributed by atoms with Crippen LogP contribution in [0.1, 0.15) is 6.92 Å². The zero-order valence-electron chi connectivity index (χ0n) is 11.4. The summed E-state index contributed by atoms with van der Waals surface area (Å²) >= 11 is 0. The summed E-state index contributed by atoms with van der Waals surface area (Å²) in [4.78, 5) is 33.1. The lowest BCUT2D eigenvalue weighted by Crippen LogP contribution is -2.23. The van der Waals surface area contributed by atoms with Crippen molar-refractivity contribution in [3.8, 4) is 0 Å². The fourth-order valence-electron chi connectivity index (χ4n) is 0.946. The van der Waals surface area contributed by atoms with Gasteiger partial charge in [0.2, 0.25) is 0 Å². The van der Waals surface area contributed by atoms with E-state index in [1.165, 1.54) is 6.92 Å². The normalized spacial score (nSPS) is 10.8. The Labute approximate surface area is 116 Å². The number of esters is 3. The van der Waals surface area contributed by atoms with Crippen LogP contribution in [0.15, 0.2) is 0 Å². The molecule has 0 aromatic rings. The van der Waals surface area contributed by atoms with Crippen molar-refractivity contribution in [1.29, 1.82) is 0 Å². The van der Waals surface area contributed by atoms with Gasteiger partial charge in [0.25, 0.3) is 0 Å². The molecule has 0 aliphatic rings. The van der Waals surface area contributed by atoms with Crippen LogP contribution >= 0.6 is 7.60 Å². The fourth-order valence-corrected chi connectivity index (χ4v) is 1.76. The van der Waals surface area contributed by atoms with E-state index in [4.69, 9.17) is 0 Å². The molecule has 0 N–H and O–H groups in total. The van der Waals surface area contributed by atoms with Gasteiger partial charge in [0.1, 0.15) is 19.4 Å². The van der Waals surface area contributed by atoms with Crippen molar-refractivity contribution in [2.24, 2.45) is 0 Å². The van der Waals surface area contributed by atoms with Crippen LogP contribution in [-0.2, 0) is 42.2 Å². The van der Waals surface area contributed by atoms with E-state index in [0.29, 0.717) is 0 Å². The van der Waals surface area contributed by atoms with E-state index in [0.717, 1.165) is 14.2 Å². The SMILES string of the molecule is CCOC(=O)C(=O)OCCOC(=O)CP(=O)(OC)OC. The second-order valence-corrected chi connectivity index (χ2v) is 5.48. The van der Waals surface area contributed by atoms with Gasteiger partial charge in [-0.25, -0.2) is 9.59 Å². The van der Waals surface area contributed by atoms with E-state index in [1.54, 1.807) is 0 Å². The smallest absolute Gasteiger partial charge is 0.417 e. The van der Waals surface area contributed by atoms with E-state index in [-0.39, 0.29) is 19.8 Å². The summed E-state index contributed by atoms with van der Waals surface area (Å²) < 4.78 is 34.1. The molecular weight excluding hydrogens is 295 g/mol. The second-order valence-electron chi connectivity index (χ2n) is 3.21. The maximum Gasteiger partial charge on any atom is 0.417 e. The Kier molecular flexibility index (Phi) is 8.78. The van der Waals surface area contributed by atoms with Crippen LogP contribution in [0.25, 0.3) is 0 Å². The average molecular weight is 312 g/mol. The van der Waals surface area contributed by atoms with Crippen molar-refractivity contribution in [3.05, 3.63) is 0 Å². The molecule has 0 aliphatic carbocycles. The molecule has 0 aromatic heterocycles. The first-order chi connectivity index (χ1) is 9.38. The molecule has 0 radical (unpaired) electrons. The van der Waals surface area contributed by atoms with Crippen molar-refractivity contribution >= 4 is 25.5 Å². The minimum atomic E-state index is -3.49. The highest BCUT2D eigenvalue weighted by atomic mass is 31.2. The van der Waals surface area contributed by atoms with E-state index < -0.39 is 31.7 Å². The Bertz CT molecular complexity index is 384. The maximum absolute atomic E-state index is 11.6. The van der Waals surface area contributed by atoms with Crippen LogP contribution in [0, 0.1) is 0 Å². The molecular formula is C10H17O9P. The fraction of sp³-hybridized carbons (Fsp3) is 0.700. The summed E-state index contributed by atoms with van der Waals surface area (Å²) in [7, 11) is -1.21. The molecule has 0 unspecified atom stereocenters. The van der Waals surface area contributed by atoms with Gasteiger partial charge in [-0.3, -0.25) is 9.36 Å². The molecule has 0 fully saturated rings. The molecule has 9 nitrogen and oxygen atoms in total. The third-order valence-corrected chi connectivity index (χ3v) is 3.66. The third kappa shape index (κ3) is 7.22. The summed E-state index contributed by atoms with van der Waals surface area (Å²) in [5, 5.41) is 0. The van der Waals surface area contributed by atoms with Gasteiger partial charge >= 0.3 is 25.5 Å². The lowest BCUT2D eigenvalue weighted by atomic mass is 10.6. The monoisotopic (exact) mass is 312 g/mol. The van der Waals surface area contributed by atoms with Crippen LogP contribution in [0.3, 0.4) is 0 Å². The molecule has 116 valence electrons. The first-order valence-electron chi connectivity index (χ1n) is 5.58. The van der Waals surface area contributed by atoms with Gasteiger partial charge in [-0.05, 0) is 6.92 Å². The number of hydrogen-bond donors (Lipinski definition) is 0. The van der Waals surface area contributed by atoms with Gasteiger partial charge in [-0.15, -0.1) is 0 Å². The predicted molar refractivity (Wildman–Crippen MR) is 65.0 cm³/mol. The van der Waals surface area contributed by atoms with Crippen LogP contribution < -0.4 is 0 Å². The summed E-state index contributed by atoms with van der Waals surface area (Å²) in [6, 6.07) is 0. The highest BCUT2D eigenvalue weighted by Gasteiger charge is 2.26. The quantitative estimate of drug-likeness (QED) is 0.203. The lowest BCUT2D eigenvalue weighted by molar-refractivity contribution is -0.168. The van der Waals surface area contributed by atoms with Gasteiger partial charge < -0.3 is 23.3 Å². The van der Waals surface area contributed by atoms with Gasteiger partial charge in [0.15, 0.2) is 0 Å². The minimum absolute atomic E-state index is 0.0479. The van der Waals surface area contributed by atoms with Crippen LogP contribution in [0.2, 0.25) is 0 Å². The van der Waals surface area contributed by atoms with Gasteiger partial charge in [0.05, 0.1) is 6.61 Å². The Hall–Kier alpha value is -1.44. The summed E-state index contributed by atoms with van der Waals surface area (Å²) in [6.45, 7) is 0.966. The average Bonchev–Trinajstić information content (AvgIpc) is 2.43. The Morgan fingerprint density at radius 1 is 0.900 bits per heavy atom. The van der Waals surface area contributed by atoms with Crippen LogP contribution in [-0.4, -0.2) is 58.1 Å². The van der Waals surface area contributed by atoms with Crippen molar-refractivity contribution in [3.63, 3.8) is 0 Å². The number of carbonyl (C=O) groups excluding carboxylic acids is 3. The van der Waals surface area contributed by atoms with E-state index in [2.05, 4.69) is 23.3 Å². The maximum atomic E-state index is 11.6. The van der Waals surface area contributed by atoms with E-state index in [9.17, 15) is 18.9 Å².